The van der Waals surface area contributed by atoms with Gasteiger partial charge in [0.1, 0.15) is 0 Å². The maximum Gasteiger partial charge on any atom is 0.222 e. The van der Waals surface area contributed by atoms with E-state index in [4.69, 9.17) is 10.5 Å². The summed E-state index contributed by atoms with van der Waals surface area (Å²) in [5.41, 5.74) is 5.23. The van der Waals surface area contributed by atoms with Crippen molar-refractivity contribution in [2.45, 2.75) is 39.2 Å². The van der Waals surface area contributed by atoms with Crippen LogP contribution in [0.4, 0.5) is 0 Å². The van der Waals surface area contributed by atoms with E-state index in [9.17, 15) is 4.79 Å². The monoisotopic (exact) mass is 202 g/mol. The summed E-state index contributed by atoms with van der Waals surface area (Å²) < 4.78 is 5.09. The Balaban J connectivity index is 3.69. The molecule has 4 heteroatoms. The number of ether oxygens (including phenoxy) is 1. The predicted octanol–water partition coefficient (Wildman–Crippen LogP) is 0.657. The molecule has 0 spiro atoms. The molecule has 0 rings (SSSR count). The number of nitrogens with two attached hydrogens (primary N) is 1. The predicted molar refractivity (Wildman–Crippen MR) is 57.0 cm³/mol. The lowest BCUT2D eigenvalue weighted by molar-refractivity contribution is -0.123. The Labute approximate surface area is 86.2 Å². The summed E-state index contributed by atoms with van der Waals surface area (Å²) in [4.78, 5) is 11.4. The van der Waals surface area contributed by atoms with E-state index in [2.05, 4.69) is 5.32 Å². The highest BCUT2D eigenvalue weighted by Gasteiger charge is 2.18. The van der Waals surface area contributed by atoms with Crippen molar-refractivity contribution in [3.63, 3.8) is 0 Å². The Morgan fingerprint density at radius 1 is 1.50 bits per heavy atom. The van der Waals surface area contributed by atoms with Crippen molar-refractivity contribution in [3.05, 3.63) is 0 Å². The smallest absolute Gasteiger partial charge is 0.222 e. The van der Waals surface area contributed by atoms with E-state index in [1.807, 2.05) is 20.8 Å². The van der Waals surface area contributed by atoms with Gasteiger partial charge in [0.15, 0.2) is 0 Å². The molecule has 0 heterocycles. The third kappa shape index (κ3) is 6.86. The molecule has 0 saturated heterocycles. The first-order chi connectivity index (χ1) is 6.52. The van der Waals surface area contributed by atoms with Crippen molar-refractivity contribution >= 4 is 5.91 Å². The number of rotatable bonds is 7. The van der Waals surface area contributed by atoms with E-state index >= 15 is 0 Å². The van der Waals surface area contributed by atoms with Crippen molar-refractivity contribution in [2.24, 2.45) is 5.73 Å². The highest BCUT2D eigenvalue weighted by molar-refractivity contribution is 5.76. The van der Waals surface area contributed by atoms with Crippen LogP contribution in [0.2, 0.25) is 0 Å². The summed E-state index contributed by atoms with van der Waals surface area (Å²) in [5.74, 6) is 0.0249. The van der Waals surface area contributed by atoms with Gasteiger partial charge in [0, 0.05) is 18.6 Å². The molecule has 1 amide bonds. The first-order valence-electron chi connectivity index (χ1n) is 5.10. The van der Waals surface area contributed by atoms with Crippen LogP contribution < -0.4 is 11.1 Å². The van der Waals surface area contributed by atoms with Crippen molar-refractivity contribution in [1.82, 2.24) is 5.32 Å². The largest absolute Gasteiger partial charge is 0.381 e. The lowest BCUT2D eigenvalue weighted by Crippen LogP contribution is -2.45. The zero-order chi connectivity index (χ0) is 11.0. The van der Waals surface area contributed by atoms with Gasteiger partial charge in [-0.25, -0.2) is 0 Å². The number of carbonyl (C=O) groups excluding carboxylic acids is 1. The van der Waals surface area contributed by atoms with Crippen molar-refractivity contribution < 1.29 is 9.53 Å². The lowest BCUT2D eigenvalue weighted by atomic mass is 10.0. The Morgan fingerprint density at radius 2 is 2.14 bits per heavy atom. The summed E-state index contributed by atoms with van der Waals surface area (Å²) in [6, 6.07) is 0. The zero-order valence-corrected chi connectivity index (χ0v) is 9.43. The second kappa shape index (κ2) is 6.79. The van der Waals surface area contributed by atoms with Crippen LogP contribution in [0, 0.1) is 0 Å². The molecule has 0 atom stereocenters. The SMILES string of the molecule is CCOCCC(=O)NC(C)(C)CCN. The van der Waals surface area contributed by atoms with Crippen LogP contribution in [-0.4, -0.2) is 31.2 Å². The summed E-state index contributed by atoms with van der Waals surface area (Å²) in [5, 5.41) is 2.92. The van der Waals surface area contributed by atoms with Gasteiger partial charge in [0.2, 0.25) is 5.91 Å². The van der Waals surface area contributed by atoms with Gasteiger partial charge in [0.05, 0.1) is 6.61 Å². The van der Waals surface area contributed by atoms with E-state index in [0.29, 0.717) is 26.2 Å². The molecule has 0 unspecified atom stereocenters. The molecule has 0 radical (unpaired) electrons. The normalized spacial score (nSPS) is 11.4. The van der Waals surface area contributed by atoms with Crippen molar-refractivity contribution in [1.29, 1.82) is 0 Å². The summed E-state index contributed by atoms with van der Waals surface area (Å²) >= 11 is 0. The fourth-order valence-electron chi connectivity index (χ4n) is 1.17. The van der Waals surface area contributed by atoms with Crippen LogP contribution in [0.3, 0.4) is 0 Å². The van der Waals surface area contributed by atoms with Gasteiger partial charge in [-0.05, 0) is 33.7 Å². The highest BCUT2D eigenvalue weighted by atomic mass is 16.5. The molecule has 0 aromatic carbocycles. The number of hydrogen-bond donors (Lipinski definition) is 2. The molecule has 0 aliphatic carbocycles. The maximum absolute atomic E-state index is 11.4. The third-order valence-electron chi connectivity index (χ3n) is 1.92. The fourth-order valence-corrected chi connectivity index (χ4v) is 1.17. The molecule has 0 bridgehead atoms. The minimum Gasteiger partial charge on any atom is -0.381 e. The Kier molecular flexibility index (Phi) is 6.49. The molecule has 4 nitrogen and oxygen atoms in total. The van der Waals surface area contributed by atoms with Crippen LogP contribution in [0.1, 0.15) is 33.6 Å². The molecule has 0 aromatic rings. The first-order valence-corrected chi connectivity index (χ1v) is 5.10. The number of nitrogens with one attached hydrogen (secondary N) is 1. The Bertz CT molecular complexity index is 170. The molecule has 14 heavy (non-hydrogen) atoms. The molecular formula is C10H22N2O2. The second-order valence-electron chi connectivity index (χ2n) is 3.92. The standard InChI is InChI=1S/C10H22N2O2/c1-4-14-8-5-9(13)12-10(2,3)6-7-11/h4-8,11H2,1-3H3,(H,12,13). The van der Waals surface area contributed by atoms with E-state index in [-0.39, 0.29) is 11.4 Å². The number of amides is 1. The van der Waals surface area contributed by atoms with Crippen LogP contribution in [0.5, 0.6) is 0 Å². The summed E-state index contributed by atoms with van der Waals surface area (Å²) in [6.45, 7) is 7.58. The first kappa shape index (κ1) is 13.4. The summed E-state index contributed by atoms with van der Waals surface area (Å²) in [6.07, 6.45) is 1.20. The van der Waals surface area contributed by atoms with Crippen LogP contribution in [0.25, 0.3) is 0 Å². The Hall–Kier alpha value is -0.610. The maximum atomic E-state index is 11.4. The molecule has 0 aliphatic heterocycles. The van der Waals surface area contributed by atoms with Crippen molar-refractivity contribution in [2.75, 3.05) is 19.8 Å². The molecule has 0 aromatic heterocycles. The molecule has 0 fully saturated rings. The average Bonchev–Trinajstić information content (AvgIpc) is 2.03. The Morgan fingerprint density at radius 3 is 2.64 bits per heavy atom. The molecular weight excluding hydrogens is 180 g/mol. The lowest BCUT2D eigenvalue weighted by Gasteiger charge is -2.25. The van der Waals surface area contributed by atoms with Gasteiger partial charge in [0.25, 0.3) is 0 Å². The van der Waals surface area contributed by atoms with Gasteiger partial charge in [-0.1, -0.05) is 0 Å². The summed E-state index contributed by atoms with van der Waals surface area (Å²) in [7, 11) is 0. The number of hydrogen-bond acceptors (Lipinski definition) is 3. The number of carbonyl (C=O) groups is 1. The van der Waals surface area contributed by atoms with Gasteiger partial charge < -0.3 is 15.8 Å². The fraction of sp³-hybridized carbons (Fsp3) is 0.900. The van der Waals surface area contributed by atoms with Crippen LogP contribution in [-0.2, 0) is 9.53 Å². The van der Waals surface area contributed by atoms with E-state index in [1.165, 1.54) is 0 Å². The van der Waals surface area contributed by atoms with Crippen LogP contribution in [0.15, 0.2) is 0 Å². The van der Waals surface area contributed by atoms with Gasteiger partial charge in [-0.3, -0.25) is 4.79 Å². The van der Waals surface area contributed by atoms with E-state index < -0.39 is 0 Å². The highest BCUT2D eigenvalue weighted by Crippen LogP contribution is 2.06. The quantitative estimate of drug-likeness (QED) is 0.596. The molecule has 0 aliphatic rings. The average molecular weight is 202 g/mol. The van der Waals surface area contributed by atoms with Gasteiger partial charge in [-0.15, -0.1) is 0 Å². The molecule has 84 valence electrons. The third-order valence-corrected chi connectivity index (χ3v) is 1.92. The molecule has 3 N–H and O–H groups in total. The topological polar surface area (TPSA) is 64.3 Å². The van der Waals surface area contributed by atoms with Crippen LogP contribution >= 0.6 is 0 Å². The minimum atomic E-state index is -0.210. The van der Waals surface area contributed by atoms with E-state index in [0.717, 1.165) is 6.42 Å². The van der Waals surface area contributed by atoms with Gasteiger partial charge in [-0.2, -0.15) is 0 Å². The van der Waals surface area contributed by atoms with Gasteiger partial charge >= 0.3 is 0 Å². The minimum absolute atomic E-state index is 0.0249. The second-order valence-corrected chi connectivity index (χ2v) is 3.92. The van der Waals surface area contributed by atoms with E-state index in [1.54, 1.807) is 0 Å². The van der Waals surface area contributed by atoms with Crippen molar-refractivity contribution in [3.8, 4) is 0 Å². The zero-order valence-electron chi connectivity index (χ0n) is 9.43. The molecule has 0 saturated carbocycles.